The fourth-order valence-corrected chi connectivity index (χ4v) is 7.69. The molecule has 0 fully saturated rings. The van der Waals surface area contributed by atoms with Gasteiger partial charge >= 0.3 is 17.9 Å². The van der Waals surface area contributed by atoms with Gasteiger partial charge < -0.3 is 14.2 Å². The van der Waals surface area contributed by atoms with Gasteiger partial charge in [0.05, 0.1) is 0 Å². The fraction of sp³-hybridized carbons (Fsp3) is 0.941. The smallest absolute Gasteiger partial charge is 0.306 e. The number of hydrogen-bond donors (Lipinski definition) is 0. The van der Waals surface area contributed by atoms with Crippen molar-refractivity contribution in [1.82, 2.24) is 0 Å². The summed E-state index contributed by atoms with van der Waals surface area (Å²) in [5.41, 5.74) is 0. The molecule has 0 aromatic heterocycles. The van der Waals surface area contributed by atoms with Crippen molar-refractivity contribution in [2.24, 2.45) is 5.92 Å². The van der Waals surface area contributed by atoms with Crippen molar-refractivity contribution in [3.63, 3.8) is 0 Å². The van der Waals surface area contributed by atoms with Gasteiger partial charge in [0.2, 0.25) is 0 Å². The largest absolute Gasteiger partial charge is 0.462 e. The molecule has 0 saturated heterocycles. The first kappa shape index (κ1) is 55.4. The highest BCUT2D eigenvalue weighted by Gasteiger charge is 2.19. The van der Waals surface area contributed by atoms with E-state index in [1.54, 1.807) is 0 Å². The number of carbonyl (C=O) groups excluding carboxylic acids is 3. The van der Waals surface area contributed by atoms with Gasteiger partial charge in [0.1, 0.15) is 13.2 Å². The first-order chi connectivity index (χ1) is 27.9. The van der Waals surface area contributed by atoms with Crippen LogP contribution >= 0.6 is 0 Å². The number of carbonyl (C=O) groups is 3. The molecule has 0 N–H and O–H groups in total. The fourth-order valence-electron chi connectivity index (χ4n) is 7.69. The Labute approximate surface area is 355 Å². The Kier molecular flexibility index (Phi) is 44.2. The third kappa shape index (κ3) is 45.3. The van der Waals surface area contributed by atoms with Crippen molar-refractivity contribution >= 4 is 17.9 Å². The quantitative estimate of drug-likeness (QED) is 0.0346. The third-order valence-electron chi connectivity index (χ3n) is 11.5. The van der Waals surface area contributed by atoms with Crippen LogP contribution in [0, 0.1) is 5.92 Å². The Balaban J connectivity index is 4.18. The molecular formula is C51H98O6. The van der Waals surface area contributed by atoms with E-state index in [1.165, 1.54) is 180 Å². The minimum absolute atomic E-state index is 0.0632. The van der Waals surface area contributed by atoms with Crippen LogP contribution in [0.15, 0.2) is 0 Å². The molecule has 338 valence electrons. The van der Waals surface area contributed by atoms with E-state index in [9.17, 15) is 14.4 Å². The van der Waals surface area contributed by atoms with Crippen LogP contribution in [0.25, 0.3) is 0 Å². The van der Waals surface area contributed by atoms with E-state index in [1.807, 2.05) is 0 Å². The second-order valence-electron chi connectivity index (χ2n) is 17.9. The van der Waals surface area contributed by atoms with Gasteiger partial charge in [0.25, 0.3) is 0 Å². The number of ether oxygens (including phenoxy) is 3. The lowest BCUT2D eigenvalue weighted by Crippen LogP contribution is -2.30. The van der Waals surface area contributed by atoms with Gasteiger partial charge in [-0.15, -0.1) is 0 Å². The lowest BCUT2D eigenvalue weighted by atomic mass is 10.0. The summed E-state index contributed by atoms with van der Waals surface area (Å²) in [7, 11) is 0. The minimum Gasteiger partial charge on any atom is -0.462 e. The average molecular weight is 807 g/mol. The van der Waals surface area contributed by atoms with Crippen LogP contribution in [-0.4, -0.2) is 37.2 Å². The van der Waals surface area contributed by atoms with Gasteiger partial charge in [-0.05, 0) is 25.2 Å². The SMILES string of the molecule is CCCCCCCCCCCCCCCCC(=O)O[C@H](COC(=O)CCCCCCCCC)COC(=O)CCCCCCCCCCCCCCCCCC(C)C. The summed E-state index contributed by atoms with van der Waals surface area (Å²) < 4.78 is 16.7. The van der Waals surface area contributed by atoms with Gasteiger partial charge in [0.15, 0.2) is 6.10 Å². The molecule has 6 nitrogen and oxygen atoms in total. The summed E-state index contributed by atoms with van der Waals surface area (Å²) in [4.78, 5) is 37.7. The van der Waals surface area contributed by atoms with Crippen LogP contribution in [0.3, 0.4) is 0 Å². The maximum Gasteiger partial charge on any atom is 0.306 e. The Bertz CT molecular complexity index is 857. The molecule has 1 atom stereocenters. The third-order valence-corrected chi connectivity index (χ3v) is 11.5. The molecule has 0 aromatic carbocycles. The second kappa shape index (κ2) is 45.5. The van der Waals surface area contributed by atoms with Crippen molar-refractivity contribution in [2.75, 3.05) is 13.2 Å². The summed E-state index contributed by atoms with van der Waals surface area (Å²) in [6, 6.07) is 0. The summed E-state index contributed by atoms with van der Waals surface area (Å²) in [5, 5.41) is 0. The normalized spacial score (nSPS) is 11.9. The van der Waals surface area contributed by atoms with Crippen molar-refractivity contribution in [3.8, 4) is 0 Å². The van der Waals surface area contributed by atoms with Gasteiger partial charge in [0, 0.05) is 19.3 Å². The Morgan fingerprint density at radius 3 is 0.860 bits per heavy atom. The van der Waals surface area contributed by atoms with E-state index in [4.69, 9.17) is 14.2 Å². The van der Waals surface area contributed by atoms with Gasteiger partial charge in [-0.25, -0.2) is 0 Å². The predicted octanol–water partition coefficient (Wildman–Crippen LogP) is 16.3. The molecule has 0 radical (unpaired) electrons. The molecule has 0 aromatic rings. The molecule has 0 spiro atoms. The maximum atomic E-state index is 12.7. The molecule has 0 aliphatic carbocycles. The number of unbranched alkanes of at least 4 members (excludes halogenated alkanes) is 33. The topological polar surface area (TPSA) is 78.9 Å². The highest BCUT2D eigenvalue weighted by atomic mass is 16.6. The zero-order valence-electron chi connectivity index (χ0n) is 38.8. The van der Waals surface area contributed by atoms with Crippen LogP contribution in [0.4, 0.5) is 0 Å². The standard InChI is InChI=1S/C51H98O6/c1-5-7-9-11-13-14-15-16-21-25-28-32-36-40-44-51(54)57-48(45-55-49(52)42-38-34-29-12-10-8-6-2)46-56-50(53)43-39-35-31-27-24-22-19-17-18-20-23-26-30-33-37-41-47(3)4/h47-48H,5-46H2,1-4H3/t48-/m1/s1. The molecule has 0 amide bonds. The van der Waals surface area contributed by atoms with E-state index < -0.39 is 6.10 Å². The van der Waals surface area contributed by atoms with Gasteiger partial charge in [-0.3, -0.25) is 14.4 Å². The number of hydrogen-bond acceptors (Lipinski definition) is 6. The van der Waals surface area contributed by atoms with Crippen molar-refractivity contribution in [2.45, 2.75) is 291 Å². The molecule has 0 bridgehead atoms. The second-order valence-corrected chi connectivity index (χ2v) is 17.9. The van der Waals surface area contributed by atoms with Crippen molar-refractivity contribution in [1.29, 1.82) is 0 Å². The van der Waals surface area contributed by atoms with Crippen LogP contribution < -0.4 is 0 Å². The van der Waals surface area contributed by atoms with Gasteiger partial charge in [-0.1, -0.05) is 246 Å². The van der Waals surface area contributed by atoms with Gasteiger partial charge in [-0.2, -0.15) is 0 Å². The van der Waals surface area contributed by atoms with Crippen molar-refractivity contribution in [3.05, 3.63) is 0 Å². The van der Waals surface area contributed by atoms with Crippen LogP contribution in [0.5, 0.6) is 0 Å². The van der Waals surface area contributed by atoms with E-state index in [2.05, 4.69) is 27.7 Å². The molecule has 6 heteroatoms. The van der Waals surface area contributed by atoms with E-state index in [0.29, 0.717) is 19.3 Å². The van der Waals surface area contributed by atoms with Crippen LogP contribution in [0.2, 0.25) is 0 Å². The minimum atomic E-state index is -0.759. The first-order valence-electron chi connectivity index (χ1n) is 25.4. The Morgan fingerprint density at radius 1 is 0.333 bits per heavy atom. The van der Waals surface area contributed by atoms with Crippen LogP contribution in [0.1, 0.15) is 285 Å². The summed E-state index contributed by atoms with van der Waals surface area (Å²) >= 11 is 0. The number of esters is 3. The monoisotopic (exact) mass is 807 g/mol. The molecule has 0 saturated carbocycles. The molecule has 0 unspecified atom stereocenters. The molecule has 0 rings (SSSR count). The molecular weight excluding hydrogens is 709 g/mol. The predicted molar refractivity (Wildman–Crippen MR) is 243 cm³/mol. The summed E-state index contributed by atoms with van der Waals surface area (Å²) in [5.74, 6) is -0.00294. The highest BCUT2D eigenvalue weighted by molar-refractivity contribution is 5.71. The zero-order chi connectivity index (χ0) is 41.7. The van der Waals surface area contributed by atoms with Crippen molar-refractivity contribution < 1.29 is 28.6 Å². The summed E-state index contributed by atoms with van der Waals surface area (Å²) in [6.07, 6.45) is 46.7. The maximum absolute atomic E-state index is 12.7. The zero-order valence-corrected chi connectivity index (χ0v) is 38.8. The highest BCUT2D eigenvalue weighted by Crippen LogP contribution is 2.17. The van der Waals surface area contributed by atoms with E-state index in [-0.39, 0.29) is 31.1 Å². The lowest BCUT2D eigenvalue weighted by molar-refractivity contribution is -0.167. The van der Waals surface area contributed by atoms with E-state index >= 15 is 0 Å². The molecule has 0 aliphatic heterocycles. The number of rotatable bonds is 46. The molecule has 0 heterocycles. The first-order valence-corrected chi connectivity index (χ1v) is 25.4. The Hall–Kier alpha value is -1.59. The van der Waals surface area contributed by atoms with E-state index in [0.717, 1.165) is 63.7 Å². The van der Waals surface area contributed by atoms with Crippen LogP contribution in [-0.2, 0) is 28.6 Å². The Morgan fingerprint density at radius 2 is 0.579 bits per heavy atom. The molecule has 0 aliphatic rings. The average Bonchev–Trinajstić information content (AvgIpc) is 3.19. The molecule has 57 heavy (non-hydrogen) atoms. The summed E-state index contributed by atoms with van der Waals surface area (Å²) in [6.45, 7) is 9.00. The lowest BCUT2D eigenvalue weighted by Gasteiger charge is -2.18.